The Labute approximate surface area is 130 Å². The summed E-state index contributed by atoms with van der Waals surface area (Å²) in [6.45, 7) is 9.41. The monoisotopic (exact) mass is 289 g/mol. The minimum atomic E-state index is 0.396. The van der Waals surface area contributed by atoms with E-state index in [9.17, 15) is 0 Å². The van der Waals surface area contributed by atoms with Gasteiger partial charge in [-0.2, -0.15) is 0 Å². The average molecular weight is 289 g/mol. The van der Waals surface area contributed by atoms with Gasteiger partial charge in [-0.1, -0.05) is 39.3 Å². The molecule has 1 aromatic rings. The molecule has 0 saturated heterocycles. The summed E-state index contributed by atoms with van der Waals surface area (Å²) < 4.78 is 5.24. The van der Waals surface area contributed by atoms with Crippen molar-refractivity contribution in [3.05, 3.63) is 29.8 Å². The number of hydrogen-bond acceptors (Lipinski definition) is 2. The van der Waals surface area contributed by atoms with Crippen LogP contribution in [-0.2, 0) is 0 Å². The first-order valence-electron chi connectivity index (χ1n) is 8.41. The van der Waals surface area contributed by atoms with Crippen molar-refractivity contribution in [2.45, 2.75) is 59.0 Å². The van der Waals surface area contributed by atoms with E-state index in [-0.39, 0.29) is 0 Å². The highest BCUT2D eigenvalue weighted by Gasteiger charge is 2.31. The molecular weight excluding hydrogens is 258 g/mol. The SMILES string of the molecule is COc1ccc([C@H](C)NC2CC(C)CCC2C(C)C)cc1. The molecule has 2 rings (SSSR count). The maximum Gasteiger partial charge on any atom is 0.118 e. The van der Waals surface area contributed by atoms with Gasteiger partial charge in [0.15, 0.2) is 0 Å². The van der Waals surface area contributed by atoms with Gasteiger partial charge in [-0.05, 0) is 55.2 Å². The fourth-order valence-electron chi connectivity index (χ4n) is 3.70. The lowest BCUT2D eigenvalue weighted by molar-refractivity contribution is 0.161. The smallest absolute Gasteiger partial charge is 0.118 e. The van der Waals surface area contributed by atoms with Gasteiger partial charge in [-0.15, -0.1) is 0 Å². The minimum Gasteiger partial charge on any atom is -0.497 e. The third-order valence-corrected chi connectivity index (χ3v) is 5.10. The molecule has 2 nitrogen and oxygen atoms in total. The summed E-state index contributed by atoms with van der Waals surface area (Å²) in [5, 5.41) is 3.89. The van der Waals surface area contributed by atoms with Gasteiger partial charge < -0.3 is 10.1 Å². The molecule has 0 spiro atoms. The van der Waals surface area contributed by atoms with E-state index in [0.717, 1.165) is 23.5 Å². The van der Waals surface area contributed by atoms with Crippen LogP contribution < -0.4 is 10.1 Å². The first kappa shape index (κ1) is 16.4. The van der Waals surface area contributed by atoms with Crippen molar-refractivity contribution in [3.8, 4) is 5.75 Å². The number of ether oxygens (including phenoxy) is 1. The molecule has 1 aliphatic rings. The van der Waals surface area contributed by atoms with Crippen molar-refractivity contribution in [1.29, 1.82) is 0 Å². The van der Waals surface area contributed by atoms with Crippen LogP contribution in [0.2, 0.25) is 0 Å². The molecule has 1 N–H and O–H groups in total. The van der Waals surface area contributed by atoms with Crippen molar-refractivity contribution >= 4 is 0 Å². The molecule has 2 heteroatoms. The Hall–Kier alpha value is -1.02. The van der Waals surface area contributed by atoms with Crippen LogP contribution >= 0.6 is 0 Å². The van der Waals surface area contributed by atoms with E-state index in [4.69, 9.17) is 4.74 Å². The third-order valence-electron chi connectivity index (χ3n) is 5.10. The van der Waals surface area contributed by atoms with E-state index in [0.29, 0.717) is 12.1 Å². The minimum absolute atomic E-state index is 0.396. The summed E-state index contributed by atoms with van der Waals surface area (Å²) in [7, 11) is 1.72. The van der Waals surface area contributed by atoms with Gasteiger partial charge in [0, 0.05) is 12.1 Å². The second-order valence-electron chi connectivity index (χ2n) is 7.09. The zero-order valence-corrected chi connectivity index (χ0v) is 14.2. The van der Waals surface area contributed by atoms with E-state index in [1.807, 2.05) is 0 Å². The van der Waals surface area contributed by atoms with Crippen molar-refractivity contribution in [2.75, 3.05) is 7.11 Å². The molecule has 1 aliphatic carbocycles. The molecule has 0 aliphatic heterocycles. The number of nitrogens with one attached hydrogen (secondary N) is 1. The molecule has 21 heavy (non-hydrogen) atoms. The quantitative estimate of drug-likeness (QED) is 0.840. The lowest BCUT2D eigenvalue weighted by Crippen LogP contribution is -2.43. The first-order chi connectivity index (χ1) is 10.0. The first-order valence-corrected chi connectivity index (χ1v) is 8.41. The zero-order valence-electron chi connectivity index (χ0n) is 14.2. The number of methoxy groups -OCH3 is 1. The molecule has 0 radical (unpaired) electrons. The second-order valence-corrected chi connectivity index (χ2v) is 7.09. The summed E-state index contributed by atoms with van der Waals surface area (Å²) in [5.74, 6) is 3.35. The van der Waals surface area contributed by atoms with Gasteiger partial charge in [0.2, 0.25) is 0 Å². The van der Waals surface area contributed by atoms with Crippen LogP contribution in [0.4, 0.5) is 0 Å². The van der Waals surface area contributed by atoms with Crippen molar-refractivity contribution < 1.29 is 4.74 Å². The molecule has 0 bridgehead atoms. The van der Waals surface area contributed by atoms with E-state index in [1.165, 1.54) is 24.8 Å². The van der Waals surface area contributed by atoms with Crippen LogP contribution in [0.3, 0.4) is 0 Å². The highest BCUT2D eigenvalue weighted by Crippen LogP contribution is 2.34. The van der Waals surface area contributed by atoms with Gasteiger partial charge in [0.05, 0.1) is 7.11 Å². The molecule has 0 heterocycles. The molecule has 0 amide bonds. The van der Waals surface area contributed by atoms with Crippen LogP contribution in [0.25, 0.3) is 0 Å². The van der Waals surface area contributed by atoms with Crippen LogP contribution in [0, 0.1) is 17.8 Å². The number of benzene rings is 1. The largest absolute Gasteiger partial charge is 0.497 e. The van der Waals surface area contributed by atoms with Gasteiger partial charge in [0.1, 0.15) is 5.75 Å². The topological polar surface area (TPSA) is 21.3 Å². The van der Waals surface area contributed by atoms with Crippen molar-refractivity contribution in [2.24, 2.45) is 17.8 Å². The molecule has 4 atom stereocenters. The molecule has 0 aromatic heterocycles. The number of rotatable bonds is 5. The van der Waals surface area contributed by atoms with Gasteiger partial charge in [0.25, 0.3) is 0 Å². The Morgan fingerprint density at radius 3 is 2.33 bits per heavy atom. The Kier molecular flexibility index (Phi) is 5.69. The lowest BCUT2D eigenvalue weighted by atomic mass is 9.73. The highest BCUT2D eigenvalue weighted by atomic mass is 16.5. The van der Waals surface area contributed by atoms with E-state index < -0.39 is 0 Å². The Balaban J connectivity index is 2.02. The van der Waals surface area contributed by atoms with Crippen LogP contribution in [0.1, 0.15) is 58.6 Å². The molecule has 118 valence electrons. The zero-order chi connectivity index (χ0) is 15.4. The maximum atomic E-state index is 5.24. The molecule has 1 saturated carbocycles. The van der Waals surface area contributed by atoms with Crippen LogP contribution in [0.5, 0.6) is 5.75 Å². The van der Waals surface area contributed by atoms with Gasteiger partial charge >= 0.3 is 0 Å². The van der Waals surface area contributed by atoms with Gasteiger partial charge in [-0.3, -0.25) is 0 Å². The molecule has 1 aromatic carbocycles. The summed E-state index contributed by atoms with van der Waals surface area (Å²) in [4.78, 5) is 0. The summed E-state index contributed by atoms with van der Waals surface area (Å²) in [6.07, 6.45) is 4.06. The van der Waals surface area contributed by atoms with Crippen molar-refractivity contribution in [3.63, 3.8) is 0 Å². The summed E-state index contributed by atoms with van der Waals surface area (Å²) in [6, 6.07) is 9.49. The van der Waals surface area contributed by atoms with Crippen LogP contribution in [0.15, 0.2) is 24.3 Å². The fourth-order valence-corrected chi connectivity index (χ4v) is 3.70. The maximum absolute atomic E-state index is 5.24. The third kappa shape index (κ3) is 4.23. The van der Waals surface area contributed by atoms with Gasteiger partial charge in [-0.25, -0.2) is 0 Å². The highest BCUT2D eigenvalue weighted by molar-refractivity contribution is 5.28. The van der Waals surface area contributed by atoms with Crippen LogP contribution in [-0.4, -0.2) is 13.2 Å². The number of hydrogen-bond donors (Lipinski definition) is 1. The standard InChI is InChI=1S/C19H31NO/c1-13(2)18-11-6-14(3)12-19(18)20-15(4)16-7-9-17(21-5)10-8-16/h7-10,13-15,18-20H,6,11-12H2,1-5H3/t14?,15-,18?,19?/m0/s1. The van der Waals surface area contributed by atoms with E-state index in [1.54, 1.807) is 7.11 Å². The van der Waals surface area contributed by atoms with E-state index >= 15 is 0 Å². The predicted octanol–water partition coefficient (Wildman–Crippen LogP) is 4.81. The van der Waals surface area contributed by atoms with Crippen molar-refractivity contribution in [1.82, 2.24) is 5.32 Å². The van der Waals surface area contributed by atoms with E-state index in [2.05, 4.69) is 57.3 Å². The summed E-state index contributed by atoms with van der Waals surface area (Å²) >= 11 is 0. The molecular formula is C19H31NO. The fraction of sp³-hybridized carbons (Fsp3) is 0.684. The summed E-state index contributed by atoms with van der Waals surface area (Å²) in [5.41, 5.74) is 1.34. The Morgan fingerprint density at radius 1 is 1.10 bits per heavy atom. The normalized spacial score (nSPS) is 27.6. The Morgan fingerprint density at radius 2 is 1.76 bits per heavy atom. The Bertz CT molecular complexity index is 426. The lowest BCUT2D eigenvalue weighted by Gasteiger charge is -2.39. The second kappa shape index (κ2) is 7.31. The molecule has 3 unspecified atom stereocenters. The average Bonchev–Trinajstić information content (AvgIpc) is 2.47. The predicted molar refractivity (Wildman–Crippen MR) is 89.7 cm³/mol. The molecule has 1 fully saturated rings.